The number of anilines is 2. The van der Waals surface area contributed by atoms with Crippen molar-refractivity contribution in [2.75, 3.05) is 23.8 Å². The first-order valence-electron chi connectivity index (χ1n) is 6.94. The molecule has 0 saturated heterocycles. The Kier molecular flexibility index (Phi) is 5.29. The molecule has 3 N–H and O–H groups in total. The summed E-state index contributed by atoms with van der Waals surface area (Å²) >= 11 is 0. The van der Waals surface area contributed by atoms with Gasteiger partial charge in [0.15, 0.2) is 0 Å². The number of hydrogen-bond acceptors (Lipinski definition) is 4. The third-order valence-electron chi connectivity index (χ3n) is 3.01. The number of hydrogen-bond donors (Lipinski definition) is 3. The number of carbonyl (C=O) groups is 1. The molecule has 0 radical (unpaired) electrons. The topological polar surface area (TPSA) is 74.2 Å². The normalized spacial score (nSPS) is 10.2. The van der Waals surface area contributed by atoms with E-state index in [1.165, 1.54) is 0 Å². The van der Waals surface area contributed by atoms with Crippen LogP contribution in [0.15, 0.2) is 42.6 Å². The summed E-state index contributed by atoms with van der Waals surface area (Å²) in [4.78, 5) is 16.5. The van der Waals surface area contributed by atoms with Crippen molar-refractivity contribution in [2.45, 2.75) is 13.3 Å². The minimum absolute atomic E-state index is 0.118. The molecule has 5 nitrogen and oxygen atoms in total. The third kappa shape index (κ3) is 4.03. The first kappa shape index (κ1) is 15.0. The predicted molar refractivity (Wildman–Crippen MR) is 83.6 cm³/mol. The molecule has 0 aliphatic heterocycles. The Labute approximate surface area is 124 Å². The highest BCUT2D eigenvalue weighted by Crippen LogP contribution is 2.15. The lowest BCUT2D eigenvalue weighted by atomic mass is 10.1. The minimum atomic E-state index is -0.200. The molecular weight excluding hydrogens is 266 g/mol. The molecule has 0 unspecified atom stereocenters. The molecule has 1 amide bonds. The molecule has 0 saturated carbocycles. The molecule has 110 valence electrons. The Morgan fingerprint density at radius 3 is 2.67 bits per heavy atom. The van der Waals surface area contributed by atoms with Crippen molar-refractivity contribution in [3.63, 3.8) is 0 Å². The molecule has 21 heavy (non-hydrogen) atoms. The van der Waals surface area contributed by atoms with Crippen molar-refractivity contribution in [2.24, 2.45) is 0 Å². The van der Waals surface area contributed by atoms with Gasteiger partial charge in [-0.05, 0) is 43.2 Å². The first-order valence-corrected chi connectivity index (χ1v) is 6.94. The number of aliphatic hydroxyl groups excluding tert-OH is 1. The number of aromatic nitrogens is 1. The van der Waals surface area contributed by atoms with Crippen molar-refractivity contribution in [1.82, 2.24) is 4.98 Å². The second-order valence-corrected chi connectivity index (χ2v) is 4.55. The van der Waals surface area contributed by atoms with Gasteiger partial charge in [-0.15, -0.1) is 0 Å². The fourth-order valence-electron chi connectivity index (χ4n) is 1.98. The minimum Gasteiger partial charge on any atom is -0.396 e. The molecule has 0 fully saturated rings. The molecule has 1 aromatic heterocycles. The molecule has 1 aromatic carbocycles. The molecule has 5 heteroatoms. The highest BCUT2D eigenvalue weighted by molar-refractivity contribution is 6.07. The number of rotatable bonds is 6. The van der Waals surface area contributed by atoms with Gasteiger partial charge in [-0.1, -0.05) is 12.1 Å². The Morgan fingerprint density at radius 1 is 1.24 bits per heavy atom. The Hall–Kier alpha value is -2.40. The Morgan fingerprint density at radius 2 is 2.00 bits per heavy atom. The van der Waals surface area contributed by atoms with Crippen LogP contribution in [0.25, 0.3) is 0 Å². The number of amides is 1. The van der Waals surface area contributed by atoms with Gasteiger partial charge in [-0.2, -0.15) is 0 Å². The quantitative estimate of drug-likeness (QED) is 0.761. The van der Waals surface area contributed by atoms with Crippen LogP contribution < -0.4 is 10.6 Å². The number of aliphatic hydroxyl groups is 1. The fourth-order valence-corrected chi connectivity index (χ4v) is 1.98. The van der Waals surface area contributed by atoms with E-state index < -0.39 is 0 Å². The van der Waals surface area contributed by atoms with Gasteiger partial charge in [0.05, 0.1) is 5.56 Å². The first-order chi connectivity index (χ1) is 10.2. The van der Waals surface area contributed by atoms with Crippen LogP contribution in [-0.2, 0) is 6.42 Å². The lowest BCUT2D eigenvalue weighted by Crippen LogP contribution is -2.15. The average Bonchev–Trinajstić information content (AvgIpc) is 2.50. The maximum absolute atomic E-state index is 12.3. The summed E-state index contributed by atoms with van der Waals surface area (Å²) in [5.74, 6) is 0.378. The summed E-state index contributed by atoms with van der Waals surface area (Å²) < 4.78 is 0. The number of nitrogens with zero attached hydrogens (tertiary/aromatic N) is 1. The second-order valence-electron chi connectivity index (χ2n) is 4.55. The maximum atomic E-state index is 12.3. The van der Waals surface area contributed by atoms with Gasteiger partial charge >= 0.3 is 0 Å². The molecule has 0 atom stereocenters. The SMILES string of the molecule is CCNc1ncccc1C(=O)Nc1ccc(CCO)cc1. The number of benzene rings is 1. The molecule has 0 aliphatic carbocycles. The van der Waals surface area contributed by atoms with E-state index in [2.05, 4.69) is 15.6 Å². The summed E-state index contributed by atoms with van der Waals surface area (Å²) in [6.07, 6.45) is 2.26. The van der Waals surface area contributed by atoms with Crippen LogP contribution in [0.1, 0.15) is 22.8 Å². The van der Waals surface area contributed by atoms with Gasteiger partial charge in [-0.25, -0.2) is 4.98 Å². The number of carbonyl (C=O) groups excluding carboxylic acids is 1. The van der Waals surface area contributed by atoms with Crippen molar-refractivity contribution >= 4 is 17.4 Å². The van der Waals surface area contributed by atoms with Crippen LogP contribution in [0, 0.1) is 0 Å². The van der Waals surface area contributed by atoms with Crippen LogP contribution in [-0.4, -0.2) is 29.1 Å². The fraction of sp³-hybridized carbons (Fsp3) is 0.250. The van der Waals surface area contributed by atoms with E-state index in [0.717, 1.165) is 5.56 Å². The van der Waals surface area contributed by atoms with E-state index in [0.29, 0.717) is 30.0 Å². The van der Waals surface area contributed by atoms with Crippen molar-refractivity contribution in [3.05, 3.63) is 53.7 Å². The van der Waals surface area contributed by atoms with Crippen molar-refractivity contribution < 1.29 is 9.90 Å². The number of pyridine rings is 1. The number of nitrogens with one attached hydrogen (secondary N) is 2. The van der Waals surface area contributed by atoms with Crippen LogP contribution in [0.3, 0.4) is 0 Å². The average molecular weight is 285 g/mol. The zero-order valence-electron chi connectivity index (χ0n) is 12.0. The molecular formula is C16H19N3O2. The molecule has 2 aromatic rings. The summed E-state index contributed by atoms with van der Waals surface area (Å²) in [5.41, 5.74) is 2.26. The zero-order chi connectivity index (χ0) is 15.1. The molecule has 2 rings (SSSR count). The summed E-state index contributed by atoms with van der Waals surface area (Å²) in [6.45, 7) is 2.77. The highest BCUT2D eigenvalue weighted by Gasteiger charge is 2.11. The standard InChI is InChI=1S/C16H19N3O2/c1-2-17-15-14(4-3-10-18-15)16(21)19-13-7-5-12(6-8-13)9-11-20/h3-8,10,20H,2,9,11H2,1H3,(H,17,18)(H,19,21). The van der Waals surface area contributed by atoms with Gasteiger partial charge in [0.1, 0.15) is 5.82 Å². The summed E-state index contributed by atoms with van der Waals surface area (Å²) in [5, 5.41) is 14.8. The van der Waals surface area contributed by atoms with E-state index >= 15 is 0 Å². The summed E-state index contributed by atoms with van der Waals surface area (Å²) in [6, 6.07) is 10.9. The molecule has 0 bridgehead atoms. The highest BCUT2D eigenvalue weighted by atomic mass is 16.2. The maximum Gasteiger partial charge on any atom is 0.259 e. The van der Waals surface area contributed by atoms with Crippen LogP contribution >= 0.6 is 0 Å². The molecule has 0 aliphatic rings. The van der Waals surface area contributed by atoms with Crippen LogP contribution in [0.4, 0.5) is 11.5 Å². The van der Waals surface area contributed by atoms with Crippen LogP contribution in [0.5, 0.6) is 0 Å². The Bertz CT molecular complexity index is 597. The smallest absolute Gasteiger partial charge is 0.259 e. The van der Waals surface area contributed by atoms with E-state index in [-0.39, 0.29) is 12.5 Å². The zero-order valence-corrected chi connectivity index (χ0v) is 12.0. The second kappa shape index (κ2) is 7.40. The van der Waals surface area contributed by atoms with Gasteiger partial charge in [0.25, 0.3) is 5.91 Å². The monoisotopic (exact) mass is 285 g/mol. The lowest BCUT2D eigenvalue weighted by molar-refractivity contribution is 0.102. The van der Waals surface area contributed by atoms with Crippen molar-refractivity contribution in [1.29, 1.82) is 0 Å². The van der Waals surface area contributed by atoms with Crippen LogP contribution in [0.2, 0.25) is 0 Å². The van der Waals surface area contributed by atoms with E-state index in [4.69, 9.17) is 5.11 Å². The van der Waals surface area contributed by atoms with Gasteiger partial charge in [0.2, 0.25) is 0 Å². The lowest BCUT2D eigenvalue weighted by Gasteiger charge is -2.10. The van der Waals surface area contributed by atoms with Crippen molar-refractivity contribution in [3.8, 4) is 0 Å². The summed E-state index contributed by atoms with van der Waals surface area (Å²) in [7, 11) is 0. The van der Waals surface area contributed by atoms with E-state index in [9.17, 15) is 4.79 Å². The van der Waals surface area contributed by atoms with E-state index in [1.807, 2.05) is 31.2 Å². The third-order valence-corrected chi connectivity index (χ3v) is 3.01. The predicted octanol–water partition coefficient (Wildman–Crippen LogP) is 2.30. The largest absolute Gasteiger partial charge is 0.396 e. The van der Waals surface area contributed by atoms with Gasteiger partial charge in [-0.3, -0.25) is 4.79 Å². The molecule has 0 spiro atoms. The molecule has 1 heterocycles. The van der Waals surface area contributed by atoms with Gasteiger partial charge in [0, 0.05) is 25.0 Å². The van der Waals surface area contributed by atoms with Gasteiger partial charge < -0.3 is 15.7 Å². The Balaban J connectivity index is 2.10. The van der Waals surface area contributed by atoms with E-state index in [1.54, 1.807) is 18.3 Å².